The molecule has 0 aliphatic carbocycles. The highest BCUT2D eigenvalue weighted by Gasteiger charge is 2.25. The van der Waals surface area contributed by atoms with Crippen molar-refractivity contribution >= 4 is 0 Å². The Morgan fingerprint density at radius 1 is 1.37 bits per heavy atom. The molecule has 1 saturated heterocycles. The molecule has 0 unspecified atom stereocenters. The summed E-state index contributed by atoms with van der Waals surface area (Å²) >= 11 is 0. The van der Waals surface area contributed by atoms with Gasteiger partial charge in [0.2, 0.25) is 0 Å². The second-order valence-corrected chi connectivity index (χ2v) is 4.88. The Morgan fingerprint density at radius 2 is 2.21 bits per heavy atom. The lowest BCUT2D eigenvalue weighted by Crippen LogP contribution is -2.00. The largest absolute Gasteiger partial charge is 0.381 e. The van der Waals surface area contributed by atoms with Crippen LogP contribution in [-0.2, 0) is 11.3 Å². The smallest absolute Gasteiger partial charge is 0.261 e. The van der Waals surface area contributed by atoms with Gasteiger partial charge in [0.15, 0.2) is 5.82 Å². The highest BCUT2D eigenvalue weighted by Crippen LogP contribution is 2.28. The van der Waals surface area contributed by atoms with Gasteiger partial charge in [-0.3, -0.25) is 4.68 Å². The van der Waals surface area contributed by atoms with E-state index in [9.17, 15) is 0 Å². The number of aromatic nitrogens is 4. The summed E-state index contributed by atoms with van der Waals surface area (Å²) in [4.78, 5) is 4.52. The van der Waals surface area contributed by atoms with E-state index < -0.39 is 0 Å². The van der Waals surface area contributed by atoms with Crippen molar-refractivity contribution in [2.45, 2.75) is 39.7 Å². The molecule has 0 spiro atoms. The Balaban J connectivity index is 1.96. The molecular weight excluding hydrogens is 244 g/mol. The van der Waals surface area contributed by atoms with Crippen LogP contribution >= 0.6 is 0 Å². The molecular formula is C13H18N4O2. The third-order valence-corrected chi connectivity index (χ3v) is 3.63. The van der Waals surface area contributed by atoms with E-state index >= 15 is 0 Å². The summed E-state index contributed by atoms with van der Waals surface area (Å²) in [5.74, 6) is 1.58. The zero-order valence-electron chi connectivity index (χ0n) is 11.5. The van der Waals surface area contributed by atoms with Crippen molar-refractivity contribution in [1.29, 1.82) is 0 Å². The van der Waals surface area contributed by atoms with Crippen LogP contribution in [-0.4, -0.2) is 33.1 Å². The van der Waals surface area contributed by atoms with Crippen LogP contribution in [0.15, 0.2) is 4.52 Å². The summed E-state index contributed by atoms with van der Waals surface area (Å²) in [6.45, 7) is 8.37. The minimum absolute atomic E-state index is 0.263. The van der Waals surface area contributed by atoms with Crippen molar-refractivity contribution in [3.8, 4) is 11.5 Å². The molecule has 0 bridgehead atoms. The first-order valence-electron chi connectivity index (χ1n) is 6.66. The van der Waals surface area contributed by atoms with Gasteiger partial charge in [-0.05, 0) is 27.2 Å². The minimum Gasteiger partial charge on any atom is -0.381 e. The number of nitrogens with zero attached hydrogens (tertiary/aromatic N) is 4. The van der Waals surface area contributed by atoms with Crippen LogP contribution in [0.25, 0.3) is 11.5 Å². The predicted octanol–water partition coefficient (Wildman–Crippen LogP) is 2.07. The number of aryl methyl sites for hydroxylation is 2. The zero-order chi connectivity index (χ0) is 13.4. The van der Waals surface area contributed by atoms with Crippen molar-refractivity contribution in [1.82, 2.24) is 19.9 Å². The van der Waals surface area contributed by atoms with Crippen molar-refractivity contribution in [2.24, 2.45) is 0 Å². The second-order valence-electron chi connectivity index (χ2n) is 4.88. The van der Waals surface area contributed by atoms with E-state index in [2.05, 4.69) is 22.2 Å². The Labute approximate surface area is 111 Å². The van der Waals surface area contributed by atoms with Gasteiger partial charge in [0.25, 0.3) is 5.89 Å². The summed E-state index contributed by atoms with van der Waals surface area (Å²) in [6, 6.07) is 0. The molecule has 0 amide bonds. The lowest BCUT2D eigenvalue weighted by Gasteiger charge is -1.99. The lowest BCUT2D eigenvalue weighted by molar-refractivity contribution is 0.192. The third kappa shape index (κ3) is 2.06. The van der Waals surface area contributed by atoms with E-state index in [0.29, 0.717) is 12.5 Å². The normalized spacial score (nSPS) is 19.2. The molecule has 1 aliphatic rings. The molecule has 3 heterocycles. The van der Waals surface area contributed by atoms with E-state index in [-0.39, 0.29) is 5.92 Å². The first kappa shape index (κ1) is 12.3. The maximum absolute atomic E-state index is 5.41. The maximum Gasteiger partial charge on any atom is 0.261 e. The molecule has 2 aromatic heterocycles. The Hall–Kier alpha value is -1.69. The van der Waals surface area contributed by atoms with Crippen molar-refractivity contribution in [3.05, 3.63) is 17.2 Å². The number of hydrogen-bond acceptors (Lipinski definition) is 5. The van der Waals surface area contributed by atoms with Crippen LogP contribution in [0.2, 0.25) is 0 Å². The maximum atomic E-state index is 5.41. The second kappa shape index (κ2) is 4.77. The lowest BCUT2D eigenvalue weighted by atomic mass is 10.1. The van der Waals surface area contributed by atoms with Crippen LogP contribution in [0.3, 0.4) is 0 Å². The first-order chi connectivity index (χ1) is 9.20. The van der Waals surface area contributed by atoms with Gasteiger partial charge in [0.05, 0.1) is 17.9 Å². The highest BCUT2D eigenvalue weighted by molar-refractivity contribution is 5.59. The molecule has 6 nitrogen and oxygen atoms in total. The monoisotopic (exact) mass is 262 g/mol. The Kier molecular flexibility index (Phi) is 3.10. The Morgan fingerprint density at radius 3 is 2.84 bits per heavy atom. The van der Waals surface area contributed by atoms with Gasteiger partial charge in [-0.15, -0.1) is 0 Å². The molecule has 0 radical (unpaired) electrons. The molecule has 1 atom stereocenters. The van der Waals surface area contributed by atoms with Gasteiger partial charge < -0.3 is 9.26 Å². The van der Waals surface area contributed by atoms with Crippen LogP contribution < -0.4 is 0 Å². The minimum atomic E-state index is 0.263. The standard InChI is InChI=1S/C13H18N4O2/c1-4-17-9(3)11(8(2)15-17)13-14-12(16-19-13)10-5-6-18-7-10/h10H,4-7H2,1-3H3/t10-/m1/s1. The Bertz CT molecular complexity index is 581. The predicted molar refractivity (Wildman–Crippen MR) is 68.8 cm³/mol. The average molecular weight is 262 g/mol. The van der Waals surface area contributed by atoms with Gasteiger partial charge in [-0.2, -0.15) is 10.1 Å². The summed E-state index contributed by atoms with van der Waals surface area (Å²) in [7, 11) is 0. The molecule has 6 heteroatoms. The van der Waals surface area contributed by atoms with E-state index in [0.717, 1.165) is 42.3 Å². The topological polar surface area (TPSA) is 66.0 Å². The zero-order valence-corrected chi connectivity index (χ0v) is 11.5. The van der Waals surface area contributed by atoms with Crippen LogP contribution in [0, 0.1) is 13.8 Å². The summed E-state index contributed by atoms with van der Waals surface area (Å²) in [6.07, 6.45) is 0.963. The van der Waals surface area contributed by atoms with E-state index in [1.54, 1.807) is 0 Å². The summed E-state index contributed by atoms with van der Waals surface area (Å²) < 4.78 is 12.7. The van der Waals surface area contributed by atoms with Crippen molar-refractivity contribution in [3.63, 3.8) is 0 Å². The van der Waals surface area contributed by atoms with Gasteiger partial charge in [-0.1, -0.05) is 5.16 Å². The SMILES string of the molecule is CCn1nc(C)c(-c2nc([C@@H]3CCOC3)no2)c1C. The quantitative estimate of drug-likeness (QED) is 0.847. The molecule has 1 fully saturated rings. The molecule has 102 valence electrons. The van der Waals surface area contributed by atoms with Gasteiger partial charge in [0, 0.05) is 24.8 Å². The van der Waals surface area contributed by atoms with Gasteiger partial charge in [0.1, 0.15) is 0 Å². The number of hydrogen-bond donors (Lipinski definition) is 0. The van der Waals surface area contributed by atoms with Crippen LogP contribution in [0.4, 0.5) is 0 Å². The molecule has 0 N–H and O–H groups in total. The fraction of sp³-hybridized carbons (Fsp3) is 0.615. The third-order valence-electron chi connectivity index (χ3n) is 3.63. The number of ether oxygens (including phenoxy) is 1. The van der Waals surface area contributed by atoms with Crippen molar-refractivity contribution < 1.29 is 9.26 Å². The molecule has 0 aromatic carbocycles. The molecule has 0 saturated carbocycles. The van der Waals surface area contributed by atoms with Crippen LogP contribution in [0.1, 0.15) is 36.5 Å². The molecule has 19 heavy (non-hydrogen) atoms. The van der Waals surface area contributed by atoms with Gasteiger partial charge >= 0.3 is 0 Å². The summed E-state index contributed by atoms with van der Waals surface area (Å²) in [5.41, 5.74) is 2.95. The van der Waals surface area contributed by atoms with Gasteiger partial charge in [-0.25, -0.2) is 0 Å². The van der Waals surface area contributed by atoms with E-state index in [1.807, 2.05) is 18.5 Å². The van der Waals surface area contributed by atoms with E-state index in [4.69, 9.17) is 9.26 Å². The molecule has 3 rings (SSSR count). The highest BCUT2D eigenvalue weighted by atomic mass is 16.5. The number of rotatable bonds is 3. The average Bonchev–Trinajstić information content (AvgIpc) is 3.08. The first-order valence-corrected chi connectivity index (χ1v) is 6.66. The molecule has 2 aromatic rings. The molecule has 1 aliphatic heterocycles. The van der Waals surface area contributed by atoms with E-state index in [1.165, 1.54) is 0 Å². The van der Waals surface area contributed by atoms with Crippen molar-refractivity contribution in [2.75, 3.05) is 13.2 Å². The summed E-state index contributed by atoms with van der Waals surface area (Å²) in [5, 5.41) is 8.56. The fourth-order valence-corrected chi connectivity index (χ4v) is 2.55. The van der Waals surface area contributed by atoms with Crippen LogP contribution in [0.5, 0.6) is 0 Å². The fourth-order valence-electron chi connectivity index (χ4n) is 2.55.